The molecule has 0 aliphatic rings. The summed E-state index contributed by atoms with van der Waals surface area (Å²) < 4.78 is 0. The first-order valence-corrected chi connectivity index (χ1v) is 3.69. The topological polar surface area (TPSA) is 52.0 Å². The first-order valence-electron chi connectivity index (χ1n) is 3.69. The molecule has 1 rings (SSSR count). The summed E-state index contributed by atoms with van der Waals surface area (Å²) in [7, 11) is 1.50. The summed E-state index contributed by atoms with van der Waals surface area (Å²) in [5.74, 6) is 0. The van der Waals surface area contributed by atoms with Crippen molar-refractivity contribution in [2.45, 2.75) is 6.92 Å². The molecule has 64 valence electrons. The van der Waals surface area contributed by atoms with Crippen LogP contribution in [-0.2, 0) is 0 Å². The van der Waals surface area contributed by atoms with Gasteiger partial charge in [-0.15, -0.1) is 0 Å². The molecule has 0 aromatic heterocycles. The van der Waals surface area contributed by atoms with Crippen LogP contribution in [0.4, 0.5) is 0 Å². The van der Waals surface area contributed by atoms with E-state index in [0.717, 1.165) is 6.54 Å². The molecule has 0 amide bonds. The van der Waals surface area contributed by atoms with Crippen LogP contribution in [0.5, 0.6) is 0 Å². The van der Waals surface area contributed by atoms with Gasteiger partial charge in [-0.05, 0) is 13.6 Å². The van der Waals surface area contributed by atoms with Crippen LogP contribution >= 0.6 is 0 Å². The van der Waals surface area contributed by atoms with Gasteiger partial charge in [0.05, 0.1) is 0 Å². The van der Waals surface area contributed by atoms with Gasteiger partial charge in [-0.2, -0.15) is 0 Å². The fourth-order valence-electron chi connectivity index (χ4n) is 0.385. The van der Waals surface area contributed by atoms with Gasteiger partial charge in [0.2, 0.25) is 0 Å². The lowest BCUT2D eigenvalue weighted by Gasteiger charge is -1.69. The Labute approximate surface area is 69.2 Å². The predicted molar refractivity (Wildman–Crippen MR) is 51.3 cm³/mol. The van der Waals surface area contributed by atoms with Crippen molar-refractivity contribution in [3.63, 3.8) is 0 Å². The van der Waals surface area contributed by atoms with Gasteiger partial charge in [-0.3, -0.25) is 0 Å². The summed E-state index contributed by atoms with van der Waals surface area (Å²) in [6.45, 7) is 2.65. The lowest BCUT2D eigenvalue weighted by Crippen LogP contribution is -1.87. The zero-order valence-electron chi connectivity index (χ0n) is 7.33. The molecule has 0 unspecified atom stereocenters. The molecular formula is C9H18N2. The maximum atomic E-state index is 4.85. The minimum absolute atomic E-state index is 0.750. The maximum absolute atomic E-state index is 4.85. The average molecular weight is 154 g/mol. The van der Waals surface area contributed by atoms with Crippen LogP contribution in [0.3, 0.4) is 0 Å². The van der Waals surface area contributed by atoms with Crippen LogP contribution < -0.4 is 11.5 Å². The van der Waals surface area contributed by atoms with Crippen molar-refractivity contribution in [2.24, 2.45) is 11.5 Å². The van der Waals surface area contributed by atoms with Gasteiger partial charge < -0.3 is 11.5 Å². The Hall–Kier alpha value is -0.860. The molecule has 0 radical (unpaired) electrons. The lowest BCUT2D eigenvalue weighted by atomic mass is 10.4. The minimum atomic E-state index is 0.750. The van der Waals surface area contributed by atoms with E-state index in [0.29, 0.717) is 0 Å². The lowest BCUT2D eigenvalue weighted by molar-refractivity contribution is 1.14. The first kappa shape index (κ1) is 12.8. The quantitative estimate of drug-likeness (QED) is 0.590. The van der Waals surface area contributed by atoms with E-state index >= 15 is 0 Å². The van der Waals surface area contributed by atoms with E-state index in [-0.39, 0.29) is 0 Å². The highest BCUT2D eigenvalue weighted by Gasteiger charge is 1.57. The zero-order chi connectivity index (χ0) is 8.95. The highest BCUT2D eigenvalue weighted by atomic mass is 14.5. The van der Waals surface area contributed by atoms with Crippen LogP contribution in [0.2, 0.25) is 0 Å². The van der Waals surface area contributed by atoms with Gasteiger partial charge in [0.15, 0.2) is 0 Å². The third kappa shape index (κ3) is 17.6. The molecule has 1 aromatic rings. The van der Waals surface area contributed by atoms with Crippen molar-refractivity contribution in [1.29, 1.82) is 0 Å². The summed E-state index contributed by atoms with van der Waals surface area (Å²) in [4.78, 5) is 0. The third-order valence-corrected chi connectivity index (χ3v) is 0.667. The van der Waals surface area contributed by atoms with Crippen LogP contribution in [0.1, 0.15) is 6.92 Å². The van der Waals surface area contributed by atoms with E-state index in [1.807, 2.05) is 43.3 Å². The minimum Gasteiger partial charge on any atom is -0.333 e. The fourth-order valence-corrected chi connectivity index (χ4v) is 0.385. The van der Waals surface area contributed by atoms with Gasteiger partial charge in [-0.1, -0.05) is 43.3 Å². The van der Waals surface area contributed by atoms with Crippen molar-refractivity contribution in [3.05, 3.63) is 36.4 Å². The summed E-state index contributed by atoms with van der Waals surface area (Å²) >= 11 is 0. The maximum Gasteiger partial charge on any atom is -0.0106 e. The molecule has 0 bridgehead atoms. The highest BCUT2D eigenvalue weighted by molar-refractivity contribution is 4.99. The second kappa shape index (κ2) is 16.1. The van der Waals surface area contributed by atoms with E-state index in [9.17, 15) is 0 Å². The molecule has 11 heavy (non-hydrogen) atoms. The Morgan fingerprint density at radius 2 is 0.909 bits per heavy atom. The Morgan fingerprint density at radius 3 is 1.00 bits per heavy atom. The molecule has 0 spiro atoms. The smallest absolute Gasteiger partial charge is 0.0106 e. The largest absolute Gasteiger partial charge is 0.333 e. The van der Waals surface area contributed by atoms with Crippen molar-refractivity contribution in [2.75, 3.05) is 13.6 Å². The molecule has 0 atom stereocenters. The molecule has 0 aliphatic carbocycles. The normalized spacial score (nSPS) is 6.55. The second-order valence-corrected chi connectivity index (χ2v) is 1.56. The van der Waals surface area contributed by atoms with Gasteiger partial charge >= 0.3 is 0 Å². The summed E-state index contributed by atoms with van der Waals surface area (Å²) in [5, 5.41) is 0. The Balaban J connectivity index is 0. The number of benzene rings is 1. The van der Waals surface area contributed by atoms with Crippen molar-refractivity contribution in [1.82, 2.24) is 0 Å². The first-order chi connectivity index (χ1) is 5.41. The molecule has 0 saturated carbocycles. The molecule has 0 saturated heterocycles. The summed E-state index contributed by atoms with van der Waals surface area (Å²) in [5.41, 5.74) is 9.35. The van der Waals surface area contributed by atoms with E-state index in [4.69, 9.17) is 5.73 Å². The Bertz CT molecular complexity index is 90.4. The van der Waals surface area contributed by atoms with Crippen molar-refractivity contribution >= 4 is 0 Å². The van der Waals surface area contributed by atoms with Gasteiger partial charge in [0.1, 0.15) is 0 Å². The van der Waals surface area contributed by atoms with Crippen molar-refractivity contribution in [3.8, 4) is 0 Å². The van der Waals surface area contributed by atoms with Gasteiger partial charge in [0.25, 0.3) is 0 Å². The Kier molecular flexibility index (Phi) is 18.7. The fraction of sp³-hybridized carbons (Fsp3) is 0.333. The van der Waals surface area contributed by atoms with Crippen LogP contribution in [0.15, 0.2) is 36.4 Å². The van der Waals surface area contributed by atoms with E-state index in [1.54, 1.807) is 0 Å². The molecular weight excluding hydrogens is 136 g/mol. The number of rotatable bonds is 0. The standard InChI is InChI=1S/C6H6.C2H7N.CH5N/c1-2-4-6-5-3-1;1-2-3;1-2/h1-6H;2-3H2,1H3;2H2,1H3. The van der Waals surface area contributed by atoms with Gasteiger partial charge in [-0.25, -0.2) is 0 Å². The number of hydrogen-bond donors (Lipinski definition) is 2. The van der Waals surface area contributed by atoms with E-state index in [2.05, 4.69) is 5.73 Å². The summed E-state index contributed by atoms with van der Waals surface area (Å²) in [6.07, 6.45) is 0. The molecule has 0 aliphatic heterocycles. The monoisotopic (exact) mass is 154 g/mol. The molecule has 2 nitrogen and oxygen atoms in total. The Morgan fingerprint density at radius 1 is 0.818 bits per heavy atom. The molecule has 4 N–H and O–H groups in total. The zero-order valence-corrected chi connectivity index (χ0v) is 7.33. The van der Waals surface area contributed by atoms with Crippen molar-refractivity contribution < 1.29 is 0 Å². The third-order valence-electron chi connectivity index (χ3n) is 0.667. The SMILES string of the molecule is CCN.CN.c1ccccc1. The van der Waals surface area contributed by atoms with Crippen LogP contribution in [0.25, 0.3) is 0 Å². The predicted octanol–water partition coefficient (Wildman–Crippen LogP) is 1.23. The number of hydrogen-bond acceptors (Lipinski definition) is 2. The second-order valence-electron chi connectivity index (χ2n) is 1.56. The molecule has 0 fully saturated rings. The molecule has 1 aromatic carbocycles. The average Bonchev–Trinajstić information content (AvgIpc) is 2.12. The molecule has 2 heteroatoms. The van der Waals surface area contributed by atoms with Gasteiger partial charge in [0, 0.05) is 0 Å². The van der Waals surface area contributed by atoms with E-state index < -0.39 is 0 Å². The van der Waals surface area contributed by atoms with Crippen LogP contribution in [-0.4, -0.2) is 13.6 Å². The molecule has 0 heterocycles. The van der Waals surface area contributed by atoms with Crippen LogP contribution in [0, 0.1) is 0 Å². The number of nitrogens with two attached hydrogens (primary N) is 2. The van der Waals surface area contributed by atoms with E-state index in [1.165, 1.54) is 7.05 Å². The highest BCUT2D eigenvalue weighted by Crippen LogP contribution is 1.79. The summed E-state index contributed by atoms with van der Waals surface area (Å²) in [6, 6.07) is 12.0.